The van der Waals surface area contributed by atoms with Crippen LogP contribution in [0.15, 0.2) is 54.0 Å². The number of rotatable bonds is 5. The van der Waals surface area contributed by atoms with Crippen LogP contribution in [-0.2, 0) is 11.2 Å². The average Bonchev–Trinajstić information content (AvgIpc) is 3.25. The molecule has 28 heavy (non-hydrogen) atoms. The summed E-state index contributed by atoms with van der Waals surface area (Å²) in [5.74, 6) is -0.384. The predicted octanol–water partition coefficient (Wildman–Crippen LogP) is 5.74. The molecule has 2 aromatic heterocycles. The number of nitrogens with zero attached hydrogens (tertiary/aromatic N) is 2. The second-order valence-electron chi connectivity index (χ2n) is 6.45. The zero-order valence-electron chi connectivity index (χ0n) is 15.1. The molecule has 0 unspecified atom stereocenters. The fraction of sp³-hybridized carbons (Fsp3) is 0.143. The number of aryl methyl sites for hydroxylation is 1. The molecule has 2 aromatic carbocycles. The summed E-state index contributed by atoms with van der Waals surface area (Å²) < 4.78 is 15.9. The maximum absolute atomic E-state index is 14.0. The Balaban J connectivity index is 1.49. The minimum atomic E-state index is -0.300. The van der Waals surface area contributed by atoms with Crippen molar-refractivity contribution in [3.8, 4) is 11.3 Å². The van der Waals surface area contributed by atoms with Gasteiger partial charge in [0.05, 0.1) is 5.69 Å². The highest BCUT2D eigenvalue weighted by molar-refractivity contribution is 7.15. The number of halogens is 2. The maximum atomic E-state index is 14.0. The Morgan fingerprint density at radius 2 is 2.07 bits per heavy atom. The Morgan fingerprint density at radius 1 is 1.25 bits per heavy atom. The molecule has 0 aliphatic carbocycles. The zero-order valence-corrected chi connectivity index (χ0v) is 16.6. The summed E-state index contributed by atoms with van der Waals surface area (Å²) >= 11 is 7.57. The quantitative estimate of drug-likeness (QED) is 0.453. The number of fused-ring (bicyclic) bond motifs is 1. The number of anilines is 1. The highest BCUT2D eigenvalue weighted by Crippen LogP contribution is 2.26. The van der Waals surface area contributed by atoms with Crippen LogP contribution in [0.2, 0.25) is 5.02 Å². The van der Waals surface area contributed by atoms with Gasteiger partial charge >= 0.3 is 0 Å². The van der Waals surface area contributed by atoms with Crippen LogP contribution in [0.4, 0.5) is 10.1 Å². The van der Waals surface area contributed by atoms with Gasteiger partial charge in [-0.15, -0.1) is 11.3 Å². The highest BCUT2D eigenvalue weighted by Gasteiger charge is 2.14. The summed E-state index contributed by atoms with van der Waals surface area (Å²) in [6.07, 6.45) is 2.70. The third-order valence-electron chi connectivity index (χ3n) is 4.58. The molecule has 0 aliphatic heterocycles. The molecule has 4 rings (SSSR count). The van der Waals surface area contributed by atoms with Gasteiger partial charge in [-0.3, -0.25) is 9.20 Å². The van der Waals surface area contributed by atoms with Gasteiger partial charge in [-0.1, -0.05) is 29.8 Å². The fourth-order valence-corrected chi connectivity index (χ4v) is 4.09. The van der Waals surface area contributed by atoms with Crippen molar-refractivity contribution < 1.29 is 9.18 Å². The van der Waals surface area contributed by atoms with Crippen molar-refractivity contribution in [2.45, 2.75) is 19.8 Å². The van der Waals surface area contributed by atoms with Crippen LogP contribution in [0.25, 0.3) is 16.2 Å². The van der Waals surface area contributed by atoms with Crippen LogP contribution in [0.1, 0.15) is 17.7 Å². The molecule has 0 fully saturated rings. The number of amides is 1. The number of hydrogen-bond donors (Lipinski definition) is 1. The zero-order chi connectivity index (χ0) is 19.7. The van der Waals surface area contributed by atoms with E-state index in [1.807, 2.05) is 35.0 Å². The van der Waals surface area contributed by atoms with Crippen molar-refractivity contribution in [3.05, 3.63) is 76.1 Å². The van der Waals surface area contributed by atoms with E-state index >= 15 is 0 Å². The van der Waals surface area contributed by atoms with Gasteiger partial charge in [0.1, 0.15) is 5.82 Å². The molecular formula is C21H17ClFN3OS. The molecule has 0 radical (unpaired) electrons. The first-order chi connectivity index (χ1) is 13.5. The monoisotopic (exact) mass is 413 g/mol. The number of carbonyl (C=O) groups is 1. The minimum Gasteiger partial charge on any atom is -0.326 e. The van der Waals surface area contributed by atoms with Gasteiger partial charge in [0.15, 0.2) is 4.96 Å². The van der Waals surface area contributed by atoms with E-state index in [0.29, 0.717) is 29.1 Å². The summed E-state index contributed by atoms with van der Waals surface area (Å²) in [5, 5.41) is 5.50. The van der Waals surface area contributed by atoms with Gasteiger partial charge in [-0.25, -0.2) is 9.37 Å². The first-order valence-electron chi connectivity index (χ1n) is 8.78. The highest BCUT2D eigenvalue weighted by atomic mass is 35.5. The molecule has 4 nitrogen and oxygen atoms in total. The molecule has 1 amide bonds. The number of carbonyl (C=O) groups excluding carboxylic acids is 1. The SMILES string of the molecule is Cc1c(Cl)cccc1NC(=O)CCc1csc2nc(-c3ccccc3F)cn12. The lowest BCUT2D eigenvalue weighted by atomic mass is 10.1. The molecule has 0 aliphatic rings. The van der Waals surface area contributed by atoms with Crippen molar-refractivity contribution in [2.24, 2.45) is 0 Å². The van der Waals surface area contributed by atoms with E-state index in [9.17, 15) is 9.18 Å². The topological polar surface area (TPSA) is 46.4 Å². The van der Waals surface area contributed by atoms with E-state index in [2.05, 4.69) is 10.3 Å². The van der Waals surface area contributed by atoms with Gasteiger partial charge in [-0.2, -0.15) is 0 Å². The van der Waals surface area contributed by atoms with Gasteiger partial charge in [-0.05, 0) is 43.2 Å². The van der Waals surface area contributed by atoms with Gasteiger partial charge in [0, 0.05) is 40.0 Å². The second-order valence-corrected chi connectivity index (χ2v) is 7.69. The molecule has 0 spiro atoms. The third kappa shape index (κ3) is 3.66. The van der Waals surface area contributed by atoms with E-state index in [4.69, 9.17) is 11.6 Å². The summed E-state index contributed by atoms with van der Waals surface area (Å²) in [7, 11) is 0. The number of nitrogens with one attached hydrogen (secondary N) is 1. The average molecular weight is 414 g/mol. The van der Waals surface area contributed by atoms with Crippen LogP contribution < -0.4 is 5.32 Å². The Hall–Kier alpha value is -2.70. The number of benzene rings is 2. The third-order valence-corrected chi connectivity index (χ3v) is 5.88. The Bertz CT molecular complexity index is 1170. The summed E-state index contributed by atoms with van der Waals surface area (Å²) in [5.41, 5.74) is 3.59. The van der Waals surface area contributed by atoms with Crippen molar-refractivity contribution in [3.63, 3.8) is 0 Å². The van der Waals surface area contributed by atoms with Crippen LogP contribution in [0.3, 0.4) is 0 Å². The number of thiazole rings is 1. The van der Waals surface area contributed by atoms with Crippen LogP contribution in [-0.4, -0.2) is 15.3 Å². The van der Waals surface area contributed by atoms with E-state index in [-0.39, 0.29) is 11.7 Å². The summed E-state index contributed by atoms with van der Waals surface area (Å²) in [6.45, 7) is 1.87. The minimum absolute atomic E-state index is 0.0841. The van der Waals surface area contributed by atoms with Gasteiger partial charge < -0.3 is 5.32 Å². The Morgan fingerprint density at radius 3 is 2.89 bits per heavy atom. The summed E-state index contributed by atoms with van der Waals surface area (Å²) in [6, 6.07) is 12.0. The first kappa shape index (κ1) is 18.7. The van der Waals surface area contributed by atoms with E-state index < -0.39 is 0 Å². The van der Waals surface area contributed by atoms with Crippen molar-refractivity contribution in [1.82, 2.24) is 9.38 Å². The standard InChI is InChI=1S/C21H17ClFN3OS/c1-13-16(22)6-4-8-18(13)24-20(27)10-9-14-12-28-21-25-19(11-26(14)21)15-5-2-3-7-17(15)23/h2-8,11-12H,9-10H2,1H3,(H,24,27). The number of hydrogen-bond acceptors (Lipinski definition) is 3. The van der Waals surface area contributed by atoms with Crippen molar-refractivity contribution >= 4 is 39.5 Å². The largest absolute Gasteiger partial charge is 0.326 e. The first-order valence-corrected chi connectivity index (χ1v) is 10.0. The van der Waals surface area contributed by atoms with E-state index in [0.717, 1.165) is 21.9 Å². The normalized spacial score (nSPS) is 11.1. The smallest absolute Gasteiger partial charge is 0.224 e. The second kappa shape index (κ2) is 7.73. The summed E-state index contributed by atoms with van der Waals surface area (Å²) in [4.78, 5) is 17.6. The van der Waals surface area contributed by atoms with Gasteiger partial charge in [0.25, 0.3) is 0 Å². The lowest BCUT2D eigenvalue weighted by Gasteiger charge is -2.09. The maximum Gasteiger partial charge on any atom is 0.224 e. The van der Waals surface area contributed by atoms with Crippen LogP contribution >= 0.6 is 22.9 Å². The molecule has 1 N–H and O–H groups in total. The Labute approximate surface area is 170 Å². The number of imidazole rings is 1. The van der Waals surface area contributed by atoms with E-state index in [1.165, 1.54) is 17.4 Å². The van der Waals surface area contributed by atoms with Crippen molar-refractivity contribution in [2.75, 3.05) is 5.32 Å². The predicted molar refractivity (Wildman–Crippen MR) is 112 cm³/mol. The molecular weight excluding hydrogens is 397 g/mol. The fourth-order valence-electron chi connectivity index (χ4n) is 3.00. The molecule has 7 heteroatoms. The van der Waals surface area contributed by atoms with Crippen molar-refractivity contribution in [1.29, 1.82) is 0 Å². The Kier molecular flexibility index (Phi) is 5.15. The van der Waals surface area contributed by atoms with Crippen LogP contribution in [0.5, 0.6) is 0 Å². The molecule has 142 valence electrons. The van der Waals surface area contributed by atoms with E-state index in [1.54, 1.807) is 24.3 Å². The lowest BCUT2D eigenvalue weighted by molar-refractivity contribution is -0.116. The molecule has 4 aromatic rings. The van der Waals surface area contributed by atoms with Crippen LogP contribution in [0, 0.1) is 12.7 Å². The molecule has 0 atom stereocenters. The lowest BCUT2D eigenvalue weighted by Crippen LogP contribution is -2.13. The molecule has 2 heterocycles. The molecule has 0 saturated heterocycles. The van der Waals surface area contributed by atoms with Gasteiger partial charge in [0.2, 0.25) is 5.91 Å². The molecule has 0 saturated carbocycles. The molecule has 0 bridgehead atoms. The number of aromatic nitrogens is 2.